The third kappa shape index (κ3) is 5.87. The molecule has 0 bridgehead atoms. The molecule has 0 spiro atoms. The summed E-state index contributed by atoms with van der Waals surface area (Å²) in [6, 6.07) is 0. The maximum atomic E-state index is 5.56. The van der Waals surface area contributed by atoms with Gasteiger partial charge in [-0.1, -0.05) is 45.4 Å². The lowest BCUT2D eigenvalue weighted by atomic mass is 10.1. The Kier molecular flexibility index (Phi) is 7.72. The molecule has 17 heavy (non-hydrogen) atoms. The van der Waals surface area contributed by atoms with Crippen LogP contribution in [-0.2, 0) is 13.0 Å². The van der Waals surface area contributed by atoms with E-state index in [1.165, 1.54) is 44.9 Å². The van der Waals surface area contributed by atoms with Crippen LogP contribution in [0.3, 0.4) is 0 Å². The maximum Gasteiger partial charge on any atom is 0.109 e. The Balaban J connectivity index is 2.07. The van der Waals surface area contributed by atoms with Crippen molar-refractivity contribution in [1.82, 2.24) is 9.55 Å². The first-order valence-corrected chi connectivity index (χ1v) is 7.08. The molecule has 3 nitrogen and oxygen atoms in total. The second kappa shape index (κ2) is 9.23. The zero-order chi connectivity index (χ0) is 12.3. The Bertz CT molecular complexity index is 281. The second-order valence-electron chi connectivity index (χ2n) is 4.70. The van der Waals surface area contributed by atoms with Gasteiger partial charge in [-0.05, 0) is 13.0 Å². The Hall–Kier alpha value is -0.830. The van der Waals surface area contributed by atoms with E-state index in [-0.39, 0.29) is 0 Å². The number of imidazole rings is 1. The number of rotatable bonds is 10. The summed E-state index contributed by atoms with van der Waals surface area (Å²) in [5.74, 6) is 1.14. The van der Waals surface area contributed by atoms with E-state index in [1.54, 1.807) is 0 Å². The molecular formula is C14H27N3. The molecule has 98 valence electrons. The fourth-order valence-corrected chi connectivity index (χ4v) is 2.14. The molecule has 1 aromatic heterocycles. The van der Waals surface area contributed by atoms with E-state index in [9.17, 15) is 0 Å². The lowest BCUT2D eigenvalue weighted by molar-refractivity contribution is 0.539. The number of aryl methyl sites for hydroxylation is 1. The number of nitrogens with two attached hydrogens (primary N) is 1. The standard InChI is InChI=1S/C14H27N3/c1-2-3-4-5-6-7-8-12-17-13-11-16-14(17)9-10-15/h11,13H,2-10,12,15H2,1H3. The molecule has 0 radical (unpaired) electrons. The van der Waals surface area contributed by atoms with Gasteiger partial charge in [-0.2, -0.15) is 0 Å². The molecule has 1 rings (SSSR count). The summed E-state index contributed by atoms with van der Waals surface area (Å²) in [6.07, 6.45) is 14.3. The lowest BCUT2D eigenvalue weighted by Crippen LogP contribution is -2.09. The van der Waals surface area contributed by atoms with Crippen LogP contribution in [0.2, 0.25) is 0 Å². The van der Waals surface area contributed by atoms with Gasteiger partial charge in [0, 0.05) is 25.4 Å². The van der Waals surface area contributed by atoms with Gasteiger partial charge in [0.15, 0.2) is 0 Å². The van der Waals surface area contributed by atoms with Crippen molar-refractivity contribution in [3.63, 3.8) is 0 Å². The smallest absolute Gasteiger partial charge is 0.109 e. The highest BCUT2D eigenvalue weighted by molar-refractivity contribution is 4.92. The van der Waals surface area contributed by atoms with E-state index < -0.39 is 0 Å². The molecule has 0 unspecified atom stereocenters. The van der Waals surface area contributed by atoms with Gasteiger partial charge in [0.25, 0.3) is 0 Å². The van der Waals surface area contributed by atoms with Gasteiger partial charge in [0.1, 0.15) is 5.82 Å². The van der Waals surface area contributed by atoms with Crippen molar-refractivity contribution in [3.8, 4) is 0 Å². The first kappa shape index (κ1) is 14.2. The van der Waals surface area contributed by atoms with Crippen molar-refractivity contribution < 1.29 is 0 Å². The molecule has 1 heterocycles. The summed E-state index contributed by atoms with van der Waals surface area (Å²) in [4.78, 5) is 4.33. The van der Waals surface area contributed by atoms with Crippen LogP contribution >= 0.6 is 0 Å². The Labute approximate surface area is 105 Å². The third-order valence-electron chi connectivity index (χ3n) is 3.17. The zero-order valence-corrected chi connectivity index (χ0v) is 11.2. The van der Waals surface area contributed by atoms with Crippen molar-refractivity contribution in [1.29, 1.82) is 0 Å². The lowest BCUT2D eigenvalue weighted by Gasteiger charge is -2.06. The highest BCUT2D eigenvalue weighted by Gasteiger charge is 2.00. The topological polar surface area (TPSA) is 43.8 Å². The second-order valence-corrected chi connectivity index (χ2v) is 4.70. The van der Waals surface area contributed by atoms with Crippen LogP contribution < -0.4 is 5.73 Å². The Morgan fingerprint density at radius 1 is 1.12 bits per heavy atom. The van der Waals surface area contributed by atoms with Gasteiger partial charge in [0.2, 0.25) is 0 Å². The molecule has 0 atom stereocenters. The van der Waals surface area contributed by atoms with Gasteiger partial charge >= 0.3 is 0 Å². The minimum atomic E-state index is 0.689. The molecule has 0 aliphatic rings. The Morgan fingerprint density at radius 3 is 2.53 bits per heavy atom. The first-order valence-electron chi connectivity index (χ1n) is 7.08. The van der Waals surface area contributed by atoms with Gasteiger partial charge in [0.05, 0.1) is 0 Å². The molecule has 0 fully saturated rings. The van der Waals surface area contributed by atoms with Crippen molar-refractivity contribution in [2.75, 3.05) is 6.54 Å². The van der Waals surface area contributed by atoms with Crippen molar-refractivity contribution in [3.05, 3.63) is 18.2 Å². The maximum absolute atomic E-state index is 5.56. The summed E-state index contributed by atoms with van der Waals surface area (Å²) in [5.41, 5.74) is 5.56. The molecule has 2 N–H and O–H groups in total. The largest absolute Gasteiger partial charge is 0.335 e. The summed E-state index contributed by atoms with van der Waals surface area (Å²) < 4.78 is 2.25. The van der Waals surface area contributed by atoms with Crippen molar-refractivity contribution in [2.24, 2.45) is 5.73 Å². The molecule has 0 aromatic carbocycles. The van der Waals surface area contributed by atoms with Gasteiger partial charge in [-0.15, -0.1) is 0 Å². The molecule has 0 aliphatic heterocycles. The van der Waals surface area contributed by atoms with E-state index in [1.807, 2.05) is 6.20 Å². The molecule has 0 saturated carbocycles. The minimum absolute atomic E-state index is 0.689. The number of unbranched alkanes of at least 4 members (excludes halogenated alkanes) is 6. The minimum Gasteiger partial charge on any atom is -0.335 e. The average molecular weight is 237 g/mol. The monoisotopic (exact) mass is 237 g/mol. The summed E-state index contributed by atoms with van der Waals surface area (Å²) in [6.45, 7) is 4.05. The van der Waals surface area contributed by atoms with Crippen LogP contribution in [0.25, 0.3) is 0 Å². The van der Waals surface area contributed by atoms with Crippen LogP contribution in [0.5, 0.6) is 0 Å². The normalized spacial score (nSPS) is 10.9. The average Bonchev–Trinajstić information content (AvgIpc) is 2.76. The van der Waals surface area contributed by atoms with Crippen LogP contribution in [0.1, 0.15) is 57.7 Å². The van der Waals surface area contributed by atoms with Crippen LogP contribution in [0.4, 0.5) is 0 Å². The summed E-state index contributed by atoms with van der Waals surface area (Å²) >= 11 is 0. The third-order valence-corrected chi connectivity index (χ3v) is 3.17. The number of nitrogens with zero attached hydrogens (tertiary/aromatic N) is 2. The molecule has 3 heteroatoms. The fraction of sp³-hybridized carbons (Fsp3) is 0.786. The highest BCUT2D eigenvalue weighted by atomic mass is 15.1. The van der Waals surface area contributed by atoms with E-state index in [0.717, 1.165) is 18.8 Å². The molecular weight excluding hydrogens is 210 g/mol. The highest BCUT2D eigenvalue weighted by Crippen LogP contribution is 2.08. The zero-order valence-electron chi connectivity index (χ0n) is 11.2. The predicted molar refractivity (Wildman–Crippen MR) is 73.0 cm³/mol. The first-order chi connectivity index (χ1) is 8.38. The van der Waals surface area contributed by atoms with Gasteiger partial charge < -0.3 is 10.3 Å². The SMILES string of the molecule is CCCCCCCCCn1ccnc1CCN. The van der Waals surface area contributed by atoms with E-state index in [0.29, 0.717) is 6.54 Å². The summed E-state index contributed by atoms with van der Waals surface area (Å²) in [5, 5.41) is 0. The van der Waals surface area contributed by atoms with Gasteiger partial charge in [-0.3, -0.25) is 0 Å². The van der Waals surface area contributed by atoms with E-state index >= 15 is 0 Å². The number of hydrogen-bond acceptors (Lipinski definition) is 2. The summed E-state index contributed by atoms with van der Waals surface area (Å²) in [7, 11) is 0. The number of aromatic nitrogens is 2. The van der Waals surface area contributed by atoms with Crippen LogP contribution in [0, 0.1) is 0 Å². The molecule has 0 saturated heterocycles. The van der Waals surface area contributed by atoms with Crippen molar-refractivity contribution >= 4 is 0 Å². The predicted octanol–water partition coefficient (Wildman–Crippen LogP) is 3.13. The number of hydrogen-bond donors (Lipinski definition) is 1. The van der Waals surface area contributed by atoms with E-state index in [4.69, 9.17) is 5.73 Å². The Morgan fingerprint density at radius 2 is 1.82 bits per heavy atom. The van der Waals surface area contributed by atoms with E-state index in [2.05, 4.69) is 22.7 Å². The van der Waals surface area contributed by atoms with Crippen molar-refractivity contribution in [2.45, 2.75) is 64.8 Å². The quantitative estimate of drug-likeness (QED) is 0.635. The molecule has 0 amide bonds. The van der Waals surface area contributed by atoms with Crippen LogP contribution in [-0.4, -0.2) is 16.1 Å². The molecule has 0 aliphatic carbocycles. The fourth-order valence-electron chi connectivity index (χ4n) is 2.14. The molecule has 1 aromatic rings. The van der Waals surface area contributed by atoms with Crippen LogP contribution in [0.15, 0.2) is 12.4 Å². The van der Waals surface area contributed by atoms with Gasteiger partial charge in [-0.25, -0.2) is 4.98 Å².